The molecule has 1 aromatic heterocycles. The Hall–Kier alpha value is -2.17. The number of aryl methyl sites for hydroxylation is 1. The fourth-order valence-electron chi connectivity index (χ4n) is 2.47. The lowest BCUT2D eigenvalue weighted by Crippen LogP contribution is -2.29. The van der Waals surface area contributed by atoms with Gasteiger partial charge in [-0.3, -0.25) is 0 Å². The van der Waals surface area contributed by atoms with E-state index in [4.69, 9.17) is 0 Å². The zero-order valence-electron chi connectivity index (χ0n) is 13.3. The van der Waals surface area contributed by atoms with Gasteiger partial charge in [-0.15, -0.1) is 0 Å². The van der Waals surface area contributed by atoms with Crippen molar-refractivity contribution in [2.45, 2.75) is 33.1 Å². The van der Waals surface area contributed by atoms with Gasteiger partial charge >= 0.3 is 0 Å². The predicted molar refractivity (Wildman–Crippen MR) is 89.5 cm³/mol. The van der Waals surface area contributed by atoms with Gasteiger partial charge < -0.3 is 10.2 Å². The van der Waals surface area contributed by atoms with Crippen molar-refractivity contribution in [1.29, 1.82) is 0 Å². The van der Waals surface area contributed by atoms with Crippen molar-refractivity contribution in [3.05, 3.63) is 36.2 Å². The van der Waals surface area contributed by atoms with Crippen LogP contribution in [-0.2, 0) is 0 Å². The molecule has 1 N–H and O–H groups in total. The van der Waals surface area contributed by atoms with E-state index >= 15 is 0 Å². The van der Waals surface area contributed by atoms with Crippen LogP contribution >= 0.6 is 0 Å². The lowest BCUT2D eigenvalue weighted by molar-refractivity contribution is 0.684. The van der Waals surface area contributed by atoms with Gasteiger partial charge in [-0.25, -0.2) is 0 Å². The molecular formula is C17H23N5. The number of hydrogen-bond acceptors (Lipinski definition) is 5. The molecule has 1 heterocycles. The van der Waals surface area contributed by atoms with Crippen LogP contribution in [0.2, 0.25) is 0 Å². The summed E-state index contributed by atoms with van der Waals surface area (Å²) < 4.78 is 0. The van der Waals surface area contributed by atoms with Crippen molar-refractivity contribution in [1.82, 2.24) is 15.0 Å². The molecule has 5 heteroatoms. The second-order valence-electron chi connectivity index (χ2n) is 5.89. The average Bonchev–Trinajstić information content (AvgIpc) is 3.31. The Kier molecular flexibility index (Phi) is 4.51. The standard InChI is InChI=1S/C17H23N5/c1-3-11-22(12-14-9-10-14)17-19-13(2)18-16(21-17)20-15-7-5-4-6-8-15/h4-8,14H,3,9-12H2,1-2H3,(H,18,19,20,21). The van der Waals surface area contributed by atoms with Gasteiger partial charge in [0, 0.05) is 18.8 Å². The summed E-state index contributed by atoms with van der Waals surface area (Å²) in [5, 5.41) is 3.26. The van der Waals surface area contributed by atoms with Crippen LogP contribution in [0, 0.1) is 12.8 Å². The van der Waals surface area contributed by atoms with Gasteiger partial charge in [0.05, 0.1) is 0 Å². The number of rotatable bonds is 7. The van der Waals surface area contributed by atoms with Crippen molar-refractivity contribution >= 4 is 17.6 Å². The van der Waals surface area contributed by atoms with Crippen molar-refractivity contribution in [2.75, 3.05) is 23.3 Å². The van der Waals surface area contributed by atoms with Crippen LogP contribution < -0.4 is 10.2 Å². The summed E-state index contributed by atoms with van der Waals surface area (Å²) in [6, 6.07) is 10.00. The Morgan fingerprint density at radius 2 is 1.91 bits per heavy atom. The van der Waals surface area contributed by atoms with Gasteiger partial charge in [-0.2, -0.15) is 15.0 Å². The van der Waals surface area contributed by atoms with Crippen molar-refractivity contribution in [3.63, 3.8) is 0 Å². The number of nitrogens with zero attached hydrogens (tertiary/aromatic N) is 4. The topological polar surface area (TPSA) is 53.9 Å². The molecule has 5 nitrogen and oxygen atoms in total. The molecule has 1 aliphatic carbocycles. The molecule has 0 aliphatic heterocycles. The first-order valence-corrected chi connectivity index (χ1v) is 8.04. The summed E-state index contributed by atoms with van der Waals surface area (Å²) in [4.78, 5) is 15.9. The number of para-hydroxylation sites is 1. The Morgan fingerprint density at radius 1 is 1.14 bits per heavy atom. The zero-order chi connectivity index (χ0) is 15.4. The Bertz CT molecular complexity index is 610. The molecule has 1 saturated carbocycles. The van der Waals surface area contributed by atoms with Crippen LogP contribution in [-0.4, -0.2) is 28.0 Å². The van der Waals surface area contributed by atoms with Crippen LogP contribution in [0.4, 0.5) is 17.6 Å². The van der Waals surface area contributed by atoms with E-state index in [9.17, 15) is 0 Å². The summed E-state index contributed by atoms with van der Waals surface area (Å²) in [5.74, 6) is 2.97. The molecule has 116 valence electrons. The molecule has 0 unspecified atom stereocenters. The highest BCUT2D eigenvalue weighted by molar-refractivity contribution is 5.53. The largest absolute Gasteiger partial charge is 0.340 e. The summed E-state index contributed by atoms with van der Waals surface area (Å²) in [5.41, 5.74) is 0.989. The van der Waals surface area contributed by atoms with E-state index < -0.39 is 0 Å². The van der Waals surface area contributed by atoms with Gasteiger partial charge in [0.25, 0.3) is 0 Å². The molecule has 1 aliphatic rings. The zero-order valence-corrected chi connectivity index (χ0v) is 13.3. The summed E-state index contributed by atoms with van der Waals surface area (Å²) in [7, 11) is 0. The average molecular weight is 297 g/mol. The fourth-order valence-corrected chi connectivity index (χ4v) is 2.47. The van der Waals surface area contributed by atoms with Gasteiger partial charge in [-0.1, -0.05) is 25.1 Å². The molecule has 0 amide bonds. The molecule has 0 atom stereocenters. The minimum Gasteiger partial charge on any atom is -0.340 e. The van der Waals surface area contributed by atoms with Crippen molar-refractivity contribution in [2.24, 2.45) is 5.92 Å². The first-order chi connectivity index (χ1) is 10.7. The van der Waals surface area contributed by atoms with E-state index in [-0.39, 0.29) is 0 Å². The highest BCUT2D eigenvalue weighted by atomic mass is 15.3. The van der Waals surface area contributed by atoms with E-state index in [1.165, 1.54) is 12.8 Å². The Labute approximate surface area is 131 Å². The number of benzene rings is 1. The predicted octanol–water partition coefficient (Wildman–Crippen LogP) is 3.55. The van der Waals surface area contributed by atoms with Crippen LogP contribution in [0.15, 0.2) is 30.3 Å². The van der Waals surface area contributed by atoms with Gasteiger partial charge in [0.2, 0.25) is 11.9 Å². The molecule has 0 saturated heterocycles. The normalized spacial score (nSPS) is 13.9. The quantitative estimate of drug-likeness (QED) is 0.847. The molecule has 0 radical (unpaired) electrons. The van der Waals surface area contributed by atoms with E-state index in [1.807, 2.05) is 37.3 Å². The van der Waals surface area contributed by atoms with Gasteiger partial charge in [0.15, 0.2) is 0 Å². The number of nitrogens with one attached hydrogen (secondary N) is 1. The molecule has 0 spiro atoms. The number of anilines is 3. The third-order valence-corrected chi connectivity index (χ3v) is 3.72. The van der Waals surface area contributed by atoms with Crippen LogP contribution in [0.3, 0.4) is 0 Å². The Balaban J connectivity index is 1.81. The third-order valence-electron chi connectivity index (χ3n) is 3.72. The number of aromatic nitrogens is 3. The summed E-state index contributed by atoms with van der Waals surface area (Å²) in [6.07, 6.45) is 3.76. The minimum atomic E-state index is 0.616. The van der Waals surface area contributed by atoms with E-state index in [2.05, 4.69) is 32.1 Å². The number of hydrogen-bond donors (Lipinski definition) is 1. The molecule has 22 heavy (non-hydrogen) atoms. The van der Waals surface area contributed by atoms with Gasteiger partial charge in [-0.05, 0) is 44.2 Å². The lowest BCUT2D eigenvalue weighted by atomic mass is 10.3. The van der Waals surface area contributed by atoms with Crippen molar-refractivity contribution < 1.29 is 0 Å². The summed E-state index contributed by atoms with van der Waals surface area (Å²) in [6.45, 7) is 6.16. The van der Waals surface area contributed by atoms with Crippen LogP contribution in [0.25, 0.3) is 0 Å². The lowest BCUT2D eigenvalue weighted by Gasteiger charge is -2.22. The fraction of sp³-hybridized carbons (Fsp3) is 0.471. The maximum atomic E-state index is 4.62. The van der Waals surface area contributed by atoms with E-state index in [0.29, 0.717) is 5.95 Å². The molecule has 0 bridgehead atoms. The summed E-state index contributed by atoms with van der Waals surface area (Å²) >= 11 is 0. The Morgan fingerprint density at radius 3 is 2.59 bits per heavy atom. The molecule has 1 fully saturated rings. The maximum absolute atomic E-state index is 4.62. The molecule has 3 rings (SSSR count). The van der Waals surface area contributed by atoms with Gasteiger partial charge in [0.1, 0.15) is 5.82 Å². The minimum absolute atomic E-state index is 0.616. The third kappa shape index (κ3) is 3.93. The van der Waals surface area contributed by atoms with E-state index in [0.717, 1.165) is 42.9 Å². The van der Waals surface area contributed by atoms with Crippen molar-refractivity contribution in [3.8, 4) is 0 Å². The van der Waals surface area contributed by atoms with E-state index in [1.54, 1.807) is 0 Å². The monoisotopic (exact) mass is 297 g/mol. The second-order valence-corrected chi connectivity index (χ2v) is 5.89. The molecule has 1 aromatic carbocycles. The first kappa shape index (κ1) is 14.8. The molecule has 2 aromatic rings. The first-order valence-electron chi connectivity index (χ1n) is 8.04. The smallest absolute Gasteiger partial charge is 0.232 e. The second kappa shape index (κ2) is 6.73. The molecular weight excluding hydrogens is 274 g/mol. The maximum Gasteiger partial charge on any atom is 0.232 e. The van der Waals surface area contributed by atoms with Crippen LogP contribution in [0.1, 0.15) is 32.0 Å². The SMILES string of the molecule is CCCN(CC1CC1)c1nc(C)nc(Nc2ccccc2)n1. The highest BCUT2D eigenvalue weighted by Crippen LogP contribution is 2.31. The highest BCUT2D eigenvalue weighted by Gasteiger charge is 2.25. The van der Waals surface area contributed by atoms with Crippen LogP contribution in [0.5, 0.6) is 0 Å².